The van der Waals surface area contributed by atoms with Crippen LogP contribution in [0, 0.1) is 11.3 Å². The second kappa shape index (κ2) is 3.91. The Morgan fingerprint density at radius 1 is 1.54 bits per heavy atom. The number of aliphatic hydroxyl groups is 1. The van der Waals surface area contributed by atoms with Crippen LogP contribution in [0.2, 0.25) is 0 Å². The molecule has 0 heterocycles. The molecule has 0 aliphatic heterocycles. The molecule has 1 atom stereocenters. The van der Waals surface area contributed by atoms with Crippen LogP contribution in [0.3, 0.4) is 0 Å². The minimum atomic E-state index is -1.07. The predicted molar refractivity (Wildman–Crippen MR) is 53.9 cm³/mol. The molecule has 1 rings (SSSR count). The summed E-state index contributed by atoms with van der Waals surface area (Å²) in [6.07, 6.45) is 0.0929. The fourth-order valence-corrected chi connectivity index (χ4v) is 1.86. The summed E-state index contributed by atoms with van der Waals surface area (Å²) in [6.45, 7) is 1.64. The van der Waals surface area contributed by atoms with Gasteiger partial charge in [-0.25, -0.2) is 0 Å². The van der Waals surface area contributed by atoms with Gasteiger partial charge in [0.05, 0.1) is 12.5 Å². The Hall–Kier alpha value is -0.850. The first kappa shape index (κ1) is 10.2. The zero-order chi connectivity index (χ0) is 9.90. The minimum absolute atomic E-state index is 0.0929. The van der Waals surface area contributed by atoms with Crippen molar-refractivity contribution in [3.63, 3.8) is 0 Å². The van der Waals surface area contributed by atoms with Crippen molar-refractivity contribution in [2.24, 2.45) is 0 Å². The summed E-state index contributed by atoms with van der Waals surface area (Å²) in [4.78, 5) is 0. The summed E-state index contributed by atoms with van der Waals surface area (Å²) < 4.78 is 0.829. The van der Waals surface area contributed by atoms with Crippen molar-refractivity contribution < 1.29 is 5.11 Å². The van der Waals surface area contributed by atoms with Gasteiger partial charge in [0.15, 0.2) is 0 Å². The highest BCUT2D eigenvalue weighted by atomic mass is 79.9. The van der Waals surface area contributed by atoms with E-state index in [1.165, 1.54) is 0 Å². The Morgan fingerprint density at radius 3 is 2.69 bits per heavy atom. The van der Waals surface area contributed by atoms with Gasteiger partial charge in [0, 0.05) is 4.47 Å². The first-order valence-electron chi connectivity index (χ1n) is 3.92. The number of hydrogen-bond acceptors (Lipinski definition) is 2. The molecular weight excluding hydrogens is 230 g/mol. The lowest BCUT2D eigenvalue weighted by atomic mass is 9.93. The third-order valence-corrected chi connectivity index (χ3v) is 2.57. The molecule has 0 amide bonds. The molecule has 3 heteroatoms. The fourth-order valence-electron chi connectivity index (χ4n) is 1.15. The van der Waals surface area contributed by atoms with Crippen LogP contribution in [-0.2, 0) is 5.60 Å². The van der Waals surface area contributed by atoms with E-state index in [0.717, 1.165) is 10.0 Å². The highest BCUT2D eigenvalue weighted by Gasteiger charge is 2.24. The third kappa shape index (κ3) is 2.30. The van der Waals surface area contributed by atoms with E-state index in [4.69, 9.17) is 5.26 Å². The third-order valence-electron chi connectivity index (χ3n) is 1.88. The first-order valence-corrected chi connectivity index (χ1v) is 4.71. The summed E-state index contributed by atoms with van der Waals surface area (Å²) in [5, 5.41) is 18.4. The number of nitriles is 1. The summed E-state index contributed by atoms with van der Waals surface area (Å²) in [5.74, 6) is 0. The quantitative estimate of drug-likeness (QED) is 0.863. The molecule has 0 radical (unpaired) electrons. The van der Waals surface area contributed by atoms with E-state index in [9.17, 15) is 5.11 Å². The van der Waals surface area contributed by atoms with Crippen LogP contribution in [0.4, 0.5) is 0 Å². The summed E-state index contributed by atoms with van der Waals surface area (Å²) in [5.41, 5.74) is -0.328. The average molecular weight is 240 g/mol. The lowest BCUT2D eigenvalue weighted by Crippen LogP contribution is -2.20. The Labute approximate surface area is 85.9 Å². The molecule has 0 spiro atoms. The first-order chi connectivity index (χ1) is 6.08. The number of hydrogen-bond donors (Lipinski definition) is 1. The summed E-state index contributed by atoms with van der Waals surface area (Å²) in [7, 11) is 0. The number of halogens is 1. The van der Waals surface area contributed by atoms with Crippen molar-refractivity contribution in [3.05, 3.63) is 34.3 Å². The van der Waals surface area contributed by atoms with Crippen LogP contribution in [0.5, 0.6) is 0 Å². The molecule has 1 unspecified atom stereocenters. The largest absolute Gasteiger partial charge is 0.384 e. The second-order valence-electron chi connectivity index (χ2n) is 3.09. The van der Waals surface area contributed by atoms with Crippen molar-refractivity contribution in [1.82, 2.24) is 0 Å². The van der Waals surface area contributed by atoms with Crippen LogP contribution in [0.25, 0.3) is 0 Å². The molecule has 1 aromatic rings. The zero-order valence-corrected chi connectivity index (χ0v) is 8.87. The van der Waals surface area contributed by atoms with E-state index in [-0.39, 0.29) is 6.42 Å². The van der Waals surface area contributed by atoms with Gasteiger partial charge in [-0.2, -0.15) is 5.26 Å². The normalized spacial score (nSPS) is 14.6. The maximum Gasteiger partial charge on any atom is 0.101 e. The van der Waals surface area contributed by atoms with Gasteiger partial charge < -0.3 is 5.11 Å². The molecule has 13 heavy (non-hydrogen) atoms. The minimum Gasteiger partial charge on any atom is -0.384 e. The van der Waals surface area contributed by atoms with Crippen molar-refractivity contribution in [2.75, 3.05) is 0 Å². The molecule has 0 aromatic heterocycles. The van der Waals surface area contributed by atoms with Gasteiger partial charge in [0.1, 0.15) is 5.60 Å². The van der Waals surface area contributed by atoms with Crippen LogP contribution in [0.1, 0.15) is 18.9 Å². The van der Waals surface area contributed by atoms with Crippen LogP contribution >= 0.6 is 15.9 Å². The molecule has 2 nitrogen and oxygen atoms in total. The average Bonchev–Trinajstić information content (AvgIpc) is 2.04. The number of rotatable bonds is 2. The Balaban J connectivity index is 3.08. The molecule has 0 bridgehead atoms. The molecular formula is C10H10BrNO. The Morgan fingerprint density at radius 2 is 2.15 bits per heavy atom. The molecule has 68 valence electrons. The predicted octanol–water partition coefficient (Wildman–Crippen LogP) is 2.57. The maximum atomic E-state index is 9.91. The molecule has 0 fully saturated rings. The van der Waals surface area contributed by atoms with Crippen molar-refractivity contribution in [1.29, 1.82) is 5.26 Å². The van der Waals surface area contributed by atoms with Gasteiger partial charge in [-0.1, -0.05) is 34.1 Å². The monoisotopic (exact) mass is 239 g/mol. The van der Waals surface area contributed by atoms with Crippen molar-refractivity contribution in [2.45, 2.75) is 18.9 Å². The molecule has 0 saturated carbocycles. The van der Waals surface area contributed by atoms with Gasteiger partial charge >= 0.3 is 0 Å². The molecule has 1 aromatic carbocycles. The second-order valence-corrected chi connectivity index (χ2v) is 3.94. The fraction of sp³-hybridized carbons (Fsp3) is 0.300. The van der Waals surface area contributed by atoms with E-state index in [2.05, 4.69) is 15.9 Å². The lowest BCUT2D eigenvalue weighted by Gasteiger charge is -2.21. The molecule has 0 aliphatic rings. The molecule has 1 N–H and O–H groups in total. The SMILES string of the molecule is CC(O)(CC#N)c1ccccc1Br. The van der Waals surface area contributed by atoms with Crippen LogP contribution < -0.4 is 0 Å². The van der Waals surface area contributed by atoms with E-state index in [1.54, 1.807) is 13.0 Å². The smallest absolute Gasteiger partial charge is 0.101 e. The van der Waals surface area contributed by atoms with Gasteiger partial charge in [0.2, 0.25) is 0 Å². The Bertz CT molecular complexity index is 341. The molecule has 0 aliphatic carbocycles. The highest BCUT2D eigenvalue weighted by Crippen LogP contribution is 2.30. The Kier molecular flexibility index (Phi) is 3.07. The van der Waals surface area contributed by atoms with Gasteiger partial charge in [-0.15, -0.1) is 0 Å². The van der Waals surface area contributed by atoms with Crippen LogP contribution in [-0.4, -0.2) is 5.11 Å². The topological polar surface area (TPSA) is 44.0 Å². The summed E-state index contributed by atoms with van der Waals surface area (Å²) >= 11 is 3.33. The summed E-state index contributed by atoms with van der Waals surface area (Å²) in [6, 6.07) is 9.33. The maximum absolute atomic E-state index is 9.91. The van der Waals surface area contributed by atoms with E-state index < -0.39 is 5.60 Å². The van der Waals surface area contributed by atoms with Crippen molar-refractivity contribution >= 4 is 15.9 Å². The van der Waals surface area contributed by atoms with Gasteiger partial charge in [-0.05, 0) is 18.6 Å². The number of benzene rings is 1. The van der Waals surface area contributed by atoms with Crippen molar-refractivity contribution in [3.8, 4) is 6.07 Å². The van der Waals surface area contributed by atoms with Gasteiger partial charge in [-0.3, -0.25) is 0 Å². The molecule has 0 saturated heterocycles. The number of nitrogens with zero attached hydrogens (tertiary/aromatic N) is 1. The standard InChI is InChI=1S/C10H10BrNO/c1-10(13,6-7-12)8-4-2-3-5-9(8)11/h2-5,13H,6H2,1H3. The van der Waals surface area contributed by atoms with E-state index in [1.807, 2.05) is 24.3 Å². The van der Waals surface area contributed by atoms with Gasteiger partial charge in [0.25, 0.3) is 0 Å². The lowest BCUT2D eigenvalue weighted by molar-refractivity contribution is 0.0617. The zero-order valence-electron chi connectivity index (χ0n) is 7.29. The van der Waals surface area contributed by atoms with E-state index in [0.29, 0.717) is 0 Å². The highest BCUT2D eigenvalue weighted by molar-refractivity contribution is 9.10. The van der Waals surface area contributed by atoms with Crippen LogP contribution in [0.15, 0.2) is 28.7 Å². The van der Waals surface area contributed by atoms with E-state index >= 15 is 0 Å².